The second-order valence-corrected chi connectivity index (χ2v) is 9.21. The van der Waals surface area contributed by atoms with E-state index in [1.807, 2.05) is 18.2 Å². The average molecular weight is 443 g/mol. The molecule has 1 N–H and O–H groups in total. The summed E-state index contributed by atoms with van der Waals surface area (Å²) in [6, 6.07) is 15.9. The lowest BCUT2D eigenvalue weighted by Gasteiger charge is -2.30. The monoisotopic (exact) mass is 442 g/mol. The predicted molar refractivity (Wildman–Crippen MR) is 124 cm³/mol. The molecule has 1 aliphatic rings. The zero-order valence-electron chi connectivity index (χ0n) is 18.1. The highest BCUT2D eigenvalue weighted by molar-refractivity contribution is 7.98. The van der Waals surface area contributed by atoms with Crippen LogP contribution in [0.3, 0.4) is 0 Å². The Labute approximate surface area is 188 Å². The van der Waals surface area contributed by atoms with E-state index in [0.29, 0.717) is 18.7 Å². The Bertz CT molecular complexity index is 838. The van der Waals surface area contributed by atoms with Crippen LogP contribution in [0.4, 0.5) is 4.39 Å². The van der Waals surface area contributed by atoms with E-state index in [1.165, 1.54) is 17.7 Å². The highest BCUT2D eigenvalue weighted by Crippen LogP contribution is 2.19. The minimum Gasteiger partial charge on any atom is -0.352 e. The maximum absolute atomic E-state index is 13.3. The molecule has 1 aliphatic carbocycles. The molecule has 3 rings (SSSR count). The second kappa shape index (κ2) is 11.9. The van der Waals surface area contributed by atoms with Crippen LogP contribution < -0.4 is 5.32 Å². The molecule has 6 heteroatoms. The molecule has 0 aromatic heterocycles. The zero-order chi connectivity index (χ0) is 22.1. The van der Waals surface area contributed by atoms with Gasteiger partial charge in [-0.05, 0) is 43.0 Å². The number of amides is 2. The van der Waals surface area contributed by atoms with E-state index in [4.69, 9.17) is 0 Å². The van der Waals surface area contributed by atoms with E-state index in [2.05, 4.69) is 17.4 Å². The van der Waals surface area contributed by atoms with Crippen molar-refractivity contribution in [3.05, 3.63) is 71.5 Å². The van der Waals surface area contributed by atoms with E-state index in [0.717, 1.165) is 37.0 Å². The highest BCUT2D eigenvalue weighted by atomic mass is 32.2. The molecule has 2 aromatic rings. The van der Waals surface area contributed by atoms with Gasteiger partial charge < -0.3 is 10.2 Å². The summed E-state index contributed by atoms with van der Waals surface area (Å²) in [5.74, 6) is 1.05. The summed E-state index contributed by atoms with van der Waals surface area (Å²) in [6.07, 6.45) is 4.63. The fourth-order valence-corrected chi connectivity index (χ4v) is 4.72. The summed E-state index contributed by atoms with van der Waals surface area (Å²) < 4.78 is 13.3. The Morgan fingerprint density at radius 3 is 2.42 bits per heavy atom. The fraction of sp³-hybridized carbons (Fsp3) is 0.440. The number of rotatable bonds is 10. The van der Waals surface area contributed by atoms with Gasteiger partial charge in [0, 0.05) is 30.5 Å². The summed E-state index contributed by atoms with van der Waals surface area (Å²) in [4.78, 5) is 27.5. The van der Waals surface area contributed by atoms with Crippen molar-refractivity contribution in [2.75, 3.05) is 5.75 Å². The normalized spacial score (nSPS) is 14.9. The Hall–Kier alpha value is -2.34. The molecular formula is C25H31FN2O2S. The molecule has 1 saturated carbocycles. The SMILES string of the molecule is CC(C(=O)NC1CCCC1)N(Cc1ccc(F)cc1)C(=O)CCSCc1ccccc1. The lowest BCUT2D eigenvalue weighted by atomic mass is 10.1. The number of halogens is 1. The fourth-order valence-electron chi connectivity index (χ4n) is 3.83. The first kappa shape index (κ1) is 23.3. The van der Waals surface area contributed by atoms with Crippen molar-refractivity contribution in [2.24, 2.45) is 0 Å². The van der Waals surface area contributed by atoms with E-state index >= 15 is 0 Å². The zero-order valence-corrected chi connectivity index (χ0v) is 18.9. The Morgan fingerprint density at radius 1 is 1.06 bits per heavy atom. The van der Waals surface area contributed by atoms with Crippen molar-refractivity contribution < 1.29 is 14.0 Å². The van der Waals surface area contributed by atoms with Crippen LogP contribution in [0.1, 0.15) is 50.2 Å². The topological polar surface area (TPSA) is 49.4 Å². The van der Waals surface area contributed by atoms with Crippen molar-refractivity contribution in [3.63, 3.8) is 0 Å². The summed E-state index contributed by atoms with van der Waals surface area (Å²) in [7, 11) is 0. The largest absolute Gasteiger partial charge is 0.352 e. The van der Waals surface area contributed by atoms with Crippen LogP contribution in [-0.4, -0.2) is 34.6 Å². The maximum atomic E-state index is 13.3. The quantitative estimate of drug-likeness (QED) is 0.531. The standard InChI is InChI=1S/C25H31FN2O2S/c1-19(25(30)27-23-9-5-6-10-23)28(17-20-11-13-22(26)14-12-20)24(29)15-16-31-18-21-7-3-2-4-8-21/h2-4,7-8,11-14,19,23H,5-6,9-10,15-18H2,1H3,(H,27,30). The van der Waals surface area contributed by atoms with Crippen LogP contribution in [0.25, 0.3) is 0 Å². The second-order valence-electron chi connectivity index (χ2n) is 8.10. The molecule has 4 nitrogen and oxygen atoms in total. The molecule has 2 aromatic carbocycles. The molecular weight excluding hydrogens is 411 g/mol. The third-order valence-electron chi connectivity index (χ3n) is 5.71. The lowest BCUT2D eigenvalue weighted by Crippen LogP contribution is -2.49. The molecule has 0 heterocycles. The summed E-state index contributed by atoms with van der Waals surface area (Å²) in [5.41, 5.74) is 2.04. The number of carbonyl (C=O) groups excluding carboxylic acids is 2. The molecule has 31 heavy (non-hydrogen) atoms. The molecule has 0 bridgehead atoms. The molecule has 1 unspecified atom stereocenters. The van der Waals surface area contributed by atoms with Crippen LogP contribution >= 0.6 is 11.8 Å². The Balaban J connectivity index is 1.59. The number of hydrogen-bond donors (Lipinski definition) is 1. The average Bonchev–Trinajstić information content (AvgIpc) is 3.29. The summed E-state index contributed by atoms with van der Waals surface area (Å²) in [6.45, 7) is 2.07. The van der Waals surface area contributed by atoms with Gasteiger partial charge in [-0.1, -0.05) is 55.3 Å². The molecule has 1 fully saturated rings. The van der Waals surface area contributed by atoms with Gasteiger partial charge in [0.15, 0.2) is 0 Å². The number of hydrogen-bond acceptors (Lipinski definition) is 3. The van der Waals surface area contributed by atoms with Crippen molar-refractivity contribution in [1.29, 1.82) is 0 Å². The maximum Gasteiger partial charge on any atom is 0.242 e. The van der Waals surface area contributed by atoms with Crippen LogP contribution in [0, 0.1) is 5.82 Å². The first-order valence-electron chi connectivity index (χ1n) is 11.0. The van der Waals surface area contributed by atoms with E-state index in [1.54, 1.807) is 35.7 Å². The summed E-state index contributed by atoms with van der Waals surface area (Å²) >= 11 is 1.71. The van der Waals surface area contributed by atoms with Crippen LogP contribution in [0.5, 0.6) is 0 Å². The molecule has 1 atom stereocenters. The number of thioether (sulfide) groups is 1. The van der Waals surface area contributed by atoms with Gasteiger partial charge in [-0.3, -0.25) is 9.59 Å². The van der Waals surface area contributed by atoms with E-state index in [-0.39, 0.29) is 23.7 Å². The third-order valence-corrected chi connectivity index (χ3v) is 6.74. The lowest BCUT2D eigenvalue weighted by molar-refractivity contribution is -0.140. The molecule has 0 spiro atoms. The van der Waals surface area contributed by atoms with Gasteiger partial charge in [-0.15, -0.1) is 0 Å². The third kappa shape index (κ3) is 7.39. The van der Waals surface area contributed by atoms with Crippen LogP contribution in [-0.2, 0) is 21.9 Å². The van der Waals surface area contributed by atoms with Crippen molar-refractivity contribution in [3.8, 4) is 0 Å². The van der Waals surface area contributed by atoms with Crippen LogP contribution in [0.15, 0.2) is 54.6 Å². The van der Waals surface area contributed by atoms with Gasteiger partial charge in [0.25, 0.3) is 0 Å². The van der Waals surface area contributed by atoms with E-state index < -0.39 is 6.04 Å². The number of benzene rings is 2. The first-order valence-corrected chi connectivity index (χ1v) is 12.1. The number of nitrogens with zero attached hydrogens (tertiary/aromatic N) is 1. The van der Waals surface area contributed by atoms with Gasteiger partial charge >= 0.3 is 0 Å². The van der Waals surface area contributed by atoms with Crippen molar-refractivity contribution in [2.45, 2.75) is 63.4 Å². The van der Waals surface area contributed by atoms with Gasteiger partial charge in [-0.2, -0.15) is 11.8 Å². The Kier molecular flexibility index (Phi) is 8.95. The molecule has 2 amide bonds. The molecule has 166 valence electrons. The molecule has 0 aliphatic heterocycles. The van der Waals surface area contributed by atoms with Crippen molar-refractivity contribution in [1.82, 2.24) is 10.2 Å². The molecule has 0 saturated heterocycles. The molecule has 0 radical (unpaired) electrons. The predicted octanol–water partition coefficient (Wildman–Crippen LogP) is 4.93. The van der Waals surface area contributed by atoms with Gasteiger partial charge in [0.05, 0.1) is 0 Å². The first-order chi connectivity index (χ1) is 15.0. The Morgan fingerprint density at radius 2 is 1.74 bits per heavy atom. The minimum absolute atomic E-state index is 0.0565. The smallest absolute Gasteiger partial charge is 0.242 e. The minimum atomic E-state index is -0.572. The number of carbonyl (C=O) groups is 2. The van der Waals surface area contributed by atoms with Gasteiger partial charge in [0.2, 0.25) is 11.8 Å². The highest BCUT2D eigenvalue weighted by Gasteiger charge is 2.28. The number of nitrogens with one attached hydrogen (secondary N) is 1. The van der Waals surface area contributed by atoms with Crippen LogP contribution in [0.2, 0.25) is 0 Å². The van der Waals surface area contributed by atoms with Crippen molar-refractivity contribution >= 4 is 23.6 Å². The van der Waals surface area contributed by atoms with Gasteiger partial charge in [0.1, 0.15) is 11.9 Å². The summed E-state index contributed by atoms with van der Waals surface area (Å²) in [5, 5.41) is 3.10. The van der Waals surface area contributed by atoms with Gasteiger partial charge in [-0.25, -0.2) is 4.39 Å². The van der Waals surface area contributed by atoms with E-state index in [9.17, 15) is 14.0 Å².